The molecule has 3 rings (SSSR count). The fraction of sp³-hybridized carbons (Fsp3) is 0.381. The number of piperidine rings is 1. The molecule has 1 aliphatic rings. The van der Waals surface area contributed by atoms with Gasteiger partial charge in [-0.25, -0.2) is 4.79 Å². The van der Waals surface area contributed by atoms with Crippen LogP contribution in [0.5, 0.6) is 11.5 Å². The number of rotatable bonds is 4. The summed E-state index contributed by atoms with van der Waals surface area (Å²) in [5.41, 5.74) is 3.02. The second-order valence-electron chi connectivity index (χ2n) is 6.64. The molecule has 0 spiro atoms. The van der Waals surface area contributed by atoms with Crippen molar-refractivity contribution in [1.29, 1.82) is 0 Å². The van der Waals surface area contributed by atoms with Gasteiger partial charge in [-0.3, -0.25) is 0 Å². The van der Waals surface area contributed by atoms with Crippen LogP contribution in [0.2, 0.25) is 0 Å². The summed E-state index contributed by atoms with van der Waals surface area (Å²) in [6.07, 6.45) is 1.86. The summed E-state index contributed by atoms with van der Waals surface area (Å²) in [5.74, 6) is 2.02. The Bertz CT molecular complexity index is 768. The fourth-order valence-electron chi connectivity index (χ4n) is 3.51. The second kappa shape index (κ2) is 8.13. The van der Waals surface area contributed by atoms with Gasteiger partial charge in [0.05, 0.1) is 19.9 Å². The Morgan fingerprint density at radius 3 is 2.42 bits per heavy atom. The van der Waals surface area contributed by atoms with Crippen LogP contribution in [-0.2, 0) is 0 Å². The summed E-state index contributed by atoms with van der Waals surface area (Å²) in [6.45, 7) is 3.44. The van der Waals surface area contributed by atoms with E-state index in [2.05, 4.69) is 11.4 Å². The van der Waals surface area contributed by atoms with Crippen LogP contribution in [0, 0.1) is 6.92 Å². The molecule has 0 aliphatic carbocycles. The molecule has 0 radical (unpaired) electrons. The molecule has 1 heterocycles. The first-order valence-electron chi connectivity index (χ1n) is 8.96. The Kier molecular flexibility index (Phi) is 5.66. The van der Waals surface area contributed by atoms with Gasteiger partial charge in [0.15, 0.2) is 0 Å². The van der Waals surface area contributed by atoms with Crippen LogP contribution in [0.25, 0.3) is 0 Å². The molecule has 1 aliphatic heterocycles. The minimum absolute atomic E-state index is 0.0765. The number of nitrogens with one attached hydrogen (secondary N) is 1. The van der Waals surface area contributed by atoms with Crippen LogP contribution in [0.1, 0.15) is 29.9 Å². The summed E-state index contributed by atoms with van der Waals surface area (Å²) in [5, 5.41) is 2.99. The van der Waals surface area contributed by atoms with Gasteiger partial charge in [-0.1, -0.05) is 24.3 Å². The van der Waals surface area contributed by atoms with E-state index in [1.54, 1.807) is 14.2 Å². The van der Waals surface area contributed by atoms with Crippen molar-refractivity contribution in [3.05, 3.63) is 53.6 Å². The molecule has 2 amide bonds. The quantitative estimate of drug-likeness (QED) is 0.884. The molecule has 0 unspecified atom stereocenters. The maximum atomic E-state index is 12.6. The van der Waals surface area contributed by atoms with Crippen molar-refractivity contribution in [2.75, 3.05) is 32.6 Å². The minimum Gasteiger partial charge on any atom is -0.496 e. The lowest BCUT2D eigenvalue weighted by Crippen LogP contribution is -2.40. The van der Waals surface area contributed by atoms with E-state index < -0.39 is 0 Å². The van der Waals surface area contributed by atoms with E-state index in [-0.39, 0.29) is 6.03 Å². The Morgan fingerprint density at radius 1 is 1.04 bits per heavy atom. The number of aryl methyl sites for hydroxylation is 1. The number of hydrogen-bond acceptors (Lipinski definition) is 3. The number of ether oxygens (including phenoxy) is 2. The average Bonchev–Trinajstić information content (AvgIpc) is 2.68. The maximum absolute atomic E-state index is 12.6. The molecule has 2 aromatic rings. The smallest absolute Gasteiger partial charge is 0.321 e. The van der Waals surface area contributed by atoms with Crippen molar-refractivity contribution in [3.63, 3.8) is 0 Å². The number of urea groups is 1. The van der Waals surface area contributed by atoms with Crippen LogP contribution < -0.4 is 14.8 Å². The van der Waals surface area contributed by atoms with Crippen molar-refractivity contribution in [2.45, 2.75) is 25.7 Å². The van der Waals surface area contributed by atoms with E-state index in [9.17, 15) is 4.79 Å². The Labute approximate surface area is 154 Å². The van der Waals surface area contributed by atoms with Gasteiger partial charge in [0, 0.05) is 13.1 Å². The van der Waals surface area contributed by atoms with Gasteiger partial charge in [-0.2, -0.15) is 0 Å². The van der Waals surface area contributed by atoms with Crippen molar-refractivity contribution in [1.82, 2.24) is 4.90 Å². The first-order valence-corrected chi connectivity index (χ1v) is 8.96. The molecular formula is C21H26N2O3. The SMILES string of the molecule is COc1ccc(C)cc1NC(=O)N1CCC(c2ccccc2OC)CC1. The van der Waals surface area contributed by atoms with E-state index in [4.69, 9.17) is 9.47 Å². The third kappa shape index (κ3) is 3.93. The molecule has 138 valence electrons. The van der Waals surface area contributed by atoms with Crippen LogP contribution in [0.15, 0.2) is 42.5 Å². The molecule has 0 bridgehead atoms. The molecule has 0 aromatic heterocycles. The molecular weight excluding hydrogens is 328 g/mol. The first kappa shape index (κ1) is 18.1. The number of para-hydroxylation sites is 1. The van der Waals surface area contributed by atoms with Crippen LogP contribution in [0.4, 0.5) is 10.5 Å². The highest BCUT2D eigenvalue weighted by Crippen LogP contribution is 2.34. The van der Waals surface area contributed by atoms with E-state index >= 15 is 0 Å². The number of likely N-dealkylation sites (tertiary alicyclic amines) is 1. The van der Waals surface area contributed by atoms with Crippen molar-refractivity contribution in [2.24, 2.45) is 0 Å². The largest absolute Gasteiger partial charge is 0.496 e. The Hall–Kier alpha value is -2.69. The lowest BCUT2D eigenvalue weighted by molar-refractivity contribution is 0.194. The average molecular weight is 354 g/mol. The summed E-state index contributed by atoms with van der Waals surface area (Å²) in [4.78, 5) is 14.5. The highest BCUT2D eigenvalue weighted by Gasteiger charge is 2.26. The Balaban J connectivity index is 1.63. The van der Waals surface area contributed by atoms with Crippen molar-refractivity contribution < 1.29 is 14.3 Å². The number of nitrogens with zero attached hydrogens (tertiary/aromatic N) is 1. The molecule has 0 saturated carbocycles. The fourth-order valence-corrected chi connectivity index (χ4v) is 3.51. The van der Waals surface area contributed by atoms with Gasteiger partial charge < -0.3 is 19.7 Å². The molecule has 1 saturated heterocycles. The van der Waals surface area contributed by atoms with E-state index in [1.807, 2.05) is 48.2 Å². The van der Waals surface area contributed by atoms with Gasteiger partial charge >= 0.3 is 6.03 Å². The summed E-state index contributed by atoms with van der Waals surface area (Å²) in [6, 6.07) is 13.8. The van der Waals surface area contributed by atoms with Gasteiger partial charge in [-0.05, 0) is 55.0 Å². The van der Waals surface area contributed by atoms with E-state index in [1.165, 1.54) is 5.56 Å². The third-order valence-electron chi connectivity index (χ3n) is 4.96. The standard InChI is InChI=1S/C21H26N2O3/c1-15-8-9-20(26-3)18(14-15)22-21(24)23-12-10-16(11-13-23)17-6-4-5-7-19(17)25-2/h4-9,14,16H,10-13H2,1-3H3,(H,22,24). The van der Waals surface area contributed by atoms with E-state index in [0.29, 0.717) is 17.4 Å². The molecule has 26 heavy (non-hydrogen) atoms. The zero-order valence-electron chi connectivity index (χ0n) is 15.6. The summed E-state index contributed by atoms with van der Waals surface area (Å²) in [7, 11) is 3.32. The number of hydrogen-bond donors (Lipinski definition) is 1. The van der Waals surface area contributed by atoms with Gasteiger partial charge in [0.2, 0.25) is 0 Å². The number of benzene rings is 2. The third-order valence-corrected chi connectivity index (χ3v) is 4.96. The second-order valence-corrected chi connectivity index (χ2v) is 6.64. The van der Waals surface area contributed by atoms with Crippen molar-refractivity contribution >= 4 is 11.7 Å². The number of amides is 2. The molecule has 1 fully saturated rings. The lowest BCUT2D eigenvalue weighted by Gasteiger charge is -2.32. The maximum Gasteiger partial charge on any atom is 0.321 e. The predicted molar refractivity (Wildman–Crippen MR) is 103 cm³/mol. The van der Waals surface area contributed by atoms with Gasteiger partial charge in [0.25, 0.3) is 0 Å². The molecule has 0 atom stereocenters. The number of carbonyl (C=O) groups excluding carboxylic acids is 1. The van der Waals surface area contributed by atoms with Gasteiger partial charge in [0.1, 0.15) is 11.5 Å². The highest BCUT2D eigenvalue weighted by atomic mass is 16.5. The molecule has 1 N–H and O–H groups in total. The highest BCUT2D eigenvalue weighted by molar-refractivity contribution is 5.91. The number of carbonyl (C=O) groups is 1. The van der Waals surface area contributed by atoms with Gasteiger partial charge in [-0.15, -0.1) is 0 Å². The van der Waals surface area contributed by atoms with Crippen LogP contribution >= 0.6 is 0 Å². The Morgan fingerprint density at radius 2 is 1.73 bits per heavy atom. The van der Waals surface area contributed by atoms with Crippen LogP contribution in [-0.4, -0.2) is 38.2 Å². The van der Waals surface area contributed by atoms with E-state index in [0.717, 1.165) is 37.2 Å². The van der Waals surface area contributed by atoms with Crippen LogP contribution in [0.3, 0.4) is 0 Å². The topological polar surface area (TPSA) is 50.8 Å². The summed E-state index contributed by atoms with van der Waals surface area (Å²) >= 11 is 0. The summed E-state index contributed by atoms with van der Waals surface area (Å²) < 4.78 is 10.8. The monoisotopic (exact) mass is 354 g/mol. The normalized spacial score (nSPS) is 14.8. The zero-order chi connectivity index (χ0) is 18.5. The lowest BCUT2D eigenvalue weighted by atomic mass is 9.89. The predicted octanol–water partition coefficient (Wildman–Crippen LogP) is 4.42. The minimum atomic E-state index is -0.0765. The molecule has 5 nitrogen and oxygen atoms in total. The van der Waals surface area contributed by atoms with Crippen molar-refractivity contribution in [3.8, 4) is 11.5 Å². The number of anilines is 1. The first-order chi connectivity index (χ1) is 12.6. The molecule has 2 aromatic carbocycles. The zero-order valence-corrected chi connectivity index (χ0v) is 15.6. The molecule has 5 heteroatoms. The number of methoxy groups -OCH3 is 2.